The van der Waals surface area contributed by atoms with E-state index < -0.39 is 0 Å². The van der Waals surface area contributed by atoms with Crippen LogP contribution in [-0.2, 0) is 0 Å². The molecule has 0 bridgehead atoms. The zero-order chi connectivity index (χ0) is 9.84. The number of aliphatic hydroxyl groups is 1. The molecule has 0 aromatic rings. The van der Waals surface area contributed by atoms with Crippen molar-refractivity contribution in [1.29, 1.82) is 0 Å². The van der Waals surface area contributed by atoms with Crippen molar-refractivity contribution >= 4 is 0 Å². The Bertz CT molecular complexity index is 140. The second-order valence-corrected chi connectivity index (χ2v) is 4.35. The summed E-state index contributed by atoms with van der Waals surface area (Å²) >= 11 is 0. The summed E-state index contributed by atoms with van der Waals surface area (Å²) in [5, 5.41) is 9.21. The van der Waals surface area contributed by atoms with Gasteiger partial charge < -0.3 is 15.7 Å². The Balaban J connectivity index is 2.22. The van der Waals surface area contributed by atoms with Gasteiger partial charge in [0.1, 0.15) is 0 Å². The van der Waals surface area contributed by atoms with Crippen molar-refractivity contribution < 1.29 is 5.11 Å². The topological polar surface area (TPSA) is 49.5 Å². The van der Waals surface area contributed by atoms with E-state index in [1.165, 1.54) is 12.8 Å². The van der Waals surface area contributed by atoms with Gasteiger partial charge in [0.2, 0.25) is 0 Å². The summed E-state index contributed by atoms with van der Waals surface area (Å²) in [4.78, 5) is 2.32. The third-order valence-electron chi connectivity index (χ3n) is 2.90. The molecular weight excluding hydrogens is 164 g/mol. The molecule has 3 heteroatoms. The lowest BCUT2D eigenvalue weighted by Gasteiger charge is -2.34. The number of nitrogens with two attached hydrogens (primary N) is 1. The Morgan fingerprint density at radius 1 is 1.38 bits per heavy atom. The molecule has 1 unspecified atom stereocenters. The molecule has 1 aliphatic heterocycles. The van der Waals surface area contributed by atoms with Crippen molar-refractivity contribution in [3.05, 3.63) is 0 Å². The number of hydrogen-bond donors (Lipinski definition) is 2. The van der Waals surface area contributed by atoms with Crippen LogP contribution in [0.5, 0.6) is 0 Å². The molecule has 0 amide bonds. The smallest absolute Gasteiger partial charge is 0.0639 e. The first-order valence-electron chi connectivity index (χ1n) is 5.25. The van der Waals surface area contributed by atoms with Crippen LogP contribution in [0.25, 0.3) is 0 Å². The summed E-state index contributed by atoms with van der Waals surface area (Å²) in [6.07, 6.45) is 2.17. The Labute approximate surface area is 80.9 Å². The molecule has 0 radical (unpaired) electrons. The Morgan fingerprint density at radius 2 is 1.92 bits per heavy atom. The van der Waals surface area contributed by atoms with Crippen LogP contribution >= 0.6 is 0 Å². The monoisotopic (exact) mass is 186 g/mol. The van der Waals surface area contributed by atoms with Crippen LogP contribution in [0, 0.1) is 5.92 Å². The maximum atomic E-state index is 9.21. The van der Waals surface area contributed by atoms with Crippen molar-refractivity contribution in [2.75, 3.05) is 19.6 Å². The fourth-order valence-electron chi connectivity index (χ4n) is 2.03. The molecule has 0 saturated carbocycles. The van der Waals surface area contributed by atoms with Crippen molar-refractivity contribution in [3.63, 3.8) is 0 Å². The van der Waals surface area contributed by atoms with Crippen molar-refractivity contribution in [2.45, 2.75) is 38.8 Å². The first-order chi connectivity index (χ1) is 6.09. The molecule has 0 aliphatic carbocycles. The minimum Gasteiger partial charge on any atom is -0.392 e. The molecule has 1 heterocycles. The van der Waals surface area contributed by atoms with E-state index in [9.17, 15) is 5.11 Å². The third kappa shape index (κ3) is 3.63. The number of aliphatic hydroxyl groups excluding tert-OH is 1. The van der Waals surface area contributed by atoms with Gasteiger partial charge in [0.15, 0.2) is 0 Å². The predicted octanol–water partition coefficient (Wildman–Crippen LogP) is 0.426. The molecule has 0 spiro atoms. The molecule has 0 aromatic heterocycles. The maximum Gasteiger partial charge on any atom is 0.0639 e. The SMILES string of the molecule is CC(N)C1CCN(C[C@H](C)O)CC1. The van der Waals surface area contributed by atoms with E-state index >= 15 is 0 Å². The highest BCUT2D eigenvalue weighted by Crippen LogP contribution is 2.19. The first kappa shape index (κ1) is 11.0. The Kier molecular flexibility index (Phi) is 4.16. The maximum absolute atomic E-state index is 9.21. The minimum atomic E-state index is -0.202. The molecule has 1 saturated heterocycles. The number of nitrogens with zero attached hydrogens (tertiary/aromatic N) is 1. The normalized spacial score (nSPS) is 25.8. The molecular formula is C10H22N2O. The molecule has 1 rings (SSSR count). The van der Waals surface area contributed by atoms with E-state index in [2.05, 4.69) is 11.8 Å². The van der Waals surface area contributed by atoms with Crippen molar-refractivity contribution in [3.8, 4) is 0 Å². The zero-order valence-corrected chi connectivity index (χ0v) is 8.74. The molecule has 3 N–H and O–H groups in total. The third-order valence-corrected chi connectivity index (χ3v) is 2.90. The van der Waals surface area contributed by atoms with Gasteiger partial charge in [0.25, 0.3) is 0 Å². The van der Waals surface area contributed by atoms with E-state index in [1.807, 2.05) is 6.92 Å². The number of piperidine rings is 1. The van der Waals surface area contributed by atoms with Crippen molar-refractivity contribution in [2.24, 2.45) is 11.7 Å². The number of β-amino-alcohol motifs (C(OH)–C–C–N with tert-alkyl or cyclic N) is 1. The lowest BCUT2D eigenvalue weighted by atomic mass is 9.91. The Hall–Kier alpha value is -0.120. The van der Waals surface area contributed by atoms with Gasteiger partial charge in [-0.05, 0) is 45.7 Å². The van der Waals surface area contributed by atoms with E-state index in [4.69, 9.17) is 5.73 Å². The summed E-state index contributed by atoms with van der Waals surface area (Å²) in [5.74, 6) is 0.685. The highest BCUT2D eigenvalue weighted by molar-refractivity contribution is 4.77. The number of hydrogen-bond acceptors (Lipinski definition) is 3. The molecule has 2 atom stereocenters. The quantitative estimate of drug-likeness (QED) is 0.672. The van der Waals surface area contributed by atoms with Gasteiger partial charge in [0, 0.05) is 12.6 Å². The lowest BCUT2D eigenvalue weighted by Crippen LogP contribution is -2.42. The zero-order valence-electron chi connectivity index (χ0n) is 8.74. The van der Waals surface area contributed by atoms with Crippen LogP contribution in [0.2, 0.25) is 0 Å². The minimum absolute atomic E-state index is 0.202. The highest BCUT2D eigenvalue weighted by Gasteiger charge is 2.21. The van der Waals surface area contributed by atoms with Gasteiger partial charge in [-0.1, -0.05) is 0 Å². The Morgan fingerprint density at radius 3 is 2.31 bits per heavy atom. The van der Waals surface area contributed by atoms with Gasteiger partial charge in [0.05, 0.1) is 6.10 Å². The molecule has 13 heavy (non-hydrogen) atoms. The number of likely N-dealkylation sites (tertiary alicyclic amines) is 1. The molecule has 1 fully saturated rings. The largest absolute Gasteiger partial charge is 0.392 e. The average Bonchev–Trinajstić information content (AvgIpc) is 2.04. The lowest BCUT2D eigenvalue weighted by molar-refractivity contribution is 0.0965. The summed E-state index contributed by atoms with van der Waals surface area (Å²) in [7, 11) is 0. The van der Waals surface area contributed by atoms with E-state index in [0.717, 1.165) is 19.6 Å². The standard InChI is InChI=1S/C10H22N2O/c1-8(13)7-12-5-3-10(4-6-12)9(2)11/h8-10,13H,3-7,11H2,1-2H3/t8-,9?/m0/s1. The van der Waals surface area contributed by atoms with Crippen LogP contribution in [-0.4, -0.2) is 41.8 Å². The molecule has 3 nitrogen and oxygen atoms in total. The summed E-state index contributed by atoms with van der Waals surface area (Å²) in [6.45, 7) is 6.94. The number of rotatable bonds is 3. The van der Waals surface area contributed by atoms with Gasteiger partial charge in [-0.3, -0.25) is 0 Å². The molecule has 0 aromatic carbocycles. The van der Waals surface area contributed by atoms with Gasteiger partial charge in [-0.15, -0.1) is 0 Å². The molecule has 78 valence electrons. The summed E-state index contributed by atoms with van der Waals surface area (Å²) in [6, 6.07) is 0.327. The highest BCUT2D eigenvalue weighted by atomic mass is 16.3. The first-order valence-corrected chi connectivity index (χ1v) is 5.25. The molecule has 1 aliphatic rings. The van der Waals surface area contributed by atoms with Crippen LogP contribution in [0.4, 0.5) is 0 Å². The van der Waals surface area contributed by atoms with Crippen LogP contribution in [0.15, 0.2) is 0 Å². The van der Waals surface area contributed by atoms with Crippen LogP contribution < -0.4 is 5.73 Å². The average molecular weight is 186 g/mol. The summed E-state index contributed by atoms with van der Waals surface area (Å²) in [5.41, 5.74) is 5.85. The second-order valence-electron chi connectivity index (χ2n) is 4.35. The second kappa shape index (κ2) is 4.94. The van der Waals surface area contributed by atoms with Gasteiger partial charge in [-0.25, -0.2) is 0 Å². The summed E-state index contributed by atoms with van der Waals surface area (Å²) < 4.78 is 0. The predicted molar refractivity (Wildman–Crippen MR) is 54.5 cm³/mol. The van der Waals surface area contributed by atoms with Crippen LogP contribution in [0.1, 0.15) is 26.7 Å². The van der Waals surface area contributed by atoms with Crippen molar-refractivity contribution in [1.82, 2.24) is 4.90 Å². The van der Waals surface area contributed by atoms with Crippen LogP contribution in [0.3, 0.4) is 0 Å². The van der Waals surface area contributed by atoms with E-state index in [-0.39, 0.29) is 6.10 Å². The van der Waals surface area contributed by atoms with Gasteiger partial charge in [-0.2, -0.15) is 0 Å². The van der Waals surface area contributed by atoms with Gasteiger partial charge >= 0.3 is 0 Å². The van der Waals surface area contributed by atoms with E-state index in [1.54, 1.807) is 0 Å². The fraction of sp³-hybridized carbons (Fsp3) is 1.00. The van der Waals surface area contributed by atoms with E-state index in [0.29, 0.717) is 12.0 Å². The fourth-order valence-corrected chi connectivity index (χ4v) is 2.03.